The highest BCUT2D eigenvalue weighted by molar-refractivity contribution is 9.11. The van der Waals surface area contributed by atoms with Gasteiger partial charge in [-0.15, -0.1) is 11.3 Å². The van der Waals surface area contributed by atoms with Crippen LogP contribution in [0.1, 0.15) is 6.92 Å². The van der Waals surface area contributed by atoms with Crippen molar-refractivity contribution in [2.75, 3.05) is 0 Å². The zero-order valence-electron chi connectivity index (χ0n) is 9.46. The van der Waals surface area contributed by atoms with Crippen molar-refractivity contribution in [3.63, 3.8) is 0 Å². The van der Waals surface area contributed by atoms with Gasteiger partial charge in [-0.3, -0.25) is 0 Å². The van der Waals surface area contributed by atoms with Gasteiger partial charge in [0, 0.05) is 0 Å². The number of alkyl halides is 3. The van der Waals surface area contributed by atoms with Crippen LogP contribution in [0.15, 0.2) is 14.1 Å². The molecule has 20 heavy (non-hydrogen) atoms. The van der Waals surface area contributed by atoms with E-state index in [0.717, 1.165) is 10.8 Å². The third kappa shape index (κ3) is 3.27. The summed E-state index contributed by atoms with van der Waals surface area (Å²) in [6, 6.07) is 0.914. The first-order valence-corrected chi connectivity index (χ1v) is 8.07. The van der Waals surface area contributed by atoms with Crippen molar-refractivity contribution in [3.8, 4) is 0 Å². The Bertz CT molecular complexity index is 625. The van der Waals surface area contributed by atoms with Gasteiger partial charge in [0.15, 0.2) is 0 Å². The predicted octanol–water partition coefficient (Wildman–Crippen LogP) is 2.85. The predicted molar refractivity (Wildman–Crippen MR) is 69.4 cm³/mol. The first kappa shape index (κ1) is 17.7. The Kier molecular flexibility index (Phi) is 4.82. The lowest BCUT2D eigenvalue weighted by atomic mass is 10.0. The quantitative estimate of drug-likeness (QED) is 0.791. The number of carboxylic acids is 1. The van der Waals surface area contributed by atoms with Crippen LogP contribution in [-0.2, 0) is 14.8 Å². The van der Waals surface area contributed by atoms with Crippen LogP contribution in [0.5, 0.6) is 0 Å². The lowest BCUT2D eigenvalue weighted by Crippen LogP contribution is -2.61. The number of hydrogen-bond donors (Lipinski definition) is 2. The van der Waals surface area contributed by atoms with E-state index in [4.69, 9.17) is 16.7 Å². The van der Waals surface area contributed by atoms with E-state index in [1.54, 1.807) is 0 Å². The summed E-state index contributed by atoms with van der Waals surface area (Å²) in [5.41, 5.74) is -3.64. The van der Waals surface area contributed by atoms with Gasteiger partial charge in [0.1, 0.15) is 4.21 Å². The number of thiophene rings is 1. The number of sulfonamides is 1. The number of halogens is 5. The van der Waals surface area contributed by atoms with Gasteiger partial charge in [-0.25, -0.2) is 13.2 Å². The Balaban J connectivity index is 3.27. The normalized spacial score (nSPS) is 15.9. The molecule has 1 rings (SSSR count). The Hall–Kier alpha value is -0.360. The maximum absolute atomic E-state index is 12.7. The van der Waals surface area contributed by atoms with Gasteiger partial charge < -0.3 is 5.11 Å². The molecule has 5 nitrogen and oxygen atoms in total. The zero-order chi connectivity index (χ0) is 15.9. The highest BCUT2D eigenvalue weighted by atomic mass is 79.9. The zero-order valence-corrected chi connectivity index (χ0v) is 13.4. The fourth-order valence-corrected chi connectivity index (χ4v) is 4.75. The molecule has 0 aliphatic heterocycles. The fraction of sp³-hybridized carbons (Fsp3) is 0.375. The molecule has 0 radical (unpaired) electrons. The first-order valence-electron chi connectivity index (χ1n) is 4.60. The summed E-state index contributed by atoms with van der Waals surface area (Å²) in [7, 11) is -4.69. The van der Waals surface area contributed by atoms with Crippen molar-refractivity contribution < 1.29 is 31.5 Å². The largest absolute Gasteiger partial charge is 0.480 e. The third-order valence-electron chi connectivity index (χ3n) is 2.22. The van der Waals surface area contributed by atoms with Crippen molar-refractivity contribution in [2.24, 2.45) is 0 Å². The summed E-state index contributed by atoms with van der Waals surface area (Å²) in [5, 5.41) is 8.64. The second-order valence-corrected chi connectivity index (χ2v) is 8.41. The maximum atomic E-state index is 12.7. The van der Waals surface area contributed by atoms with Gasteiger partial charge in [-0.1, -0.05) is 11.6 Å². The lowest BCUT2D eigenvalue weighted by molar-refractivity contribution is -0.201. The van der Waals surface area contributed by atoms with E-state index in [0.29, 0.717) is 11.3 Å². The summed E-state index contributed by atoms with van der Waals surface area (Å²) in [6.45, 7) is 0.219. The van der Waals surface area contributed by atoms with Gasteiger partial charge >= 0.3 is 12.1 Å². The van der Waals surface area contributed by atoms with E-state index in [2.05, 4.69) is 15.9 Å². The minimum Gasteiger partial charge on any atom is -0.480 e. The smallest absolute Gasteiger partial charge is 0.418 e. The van der Waals surface area contributed by atoms with Gasteiger partial charge in [0.25, 0.3) is 10.0 Å². The minimum atomic E-state index is -5.32. The SMILES string of the molecule is CC(NS(=O)(=O)c1cc(Cl)c(Br)s1)(C(=O)O)C(F)(F)F. The van der Waals surface area contributed by atoms with Crippen LogP contribution in [0, 0.1) is 0 Å². The van der Waals surface area contributed by atoms with E-state index >= 15 is 0 Å². The van der Waals surface area contributed by atoms with Crippen LogP contribution in [0.3, 0.4) is 0 Å². The topological polar surface area (TPSA) is 83.5 Å². The molecule has 114 valence electrons. The number of rotatable bonds is 4. The van der Waals surface area contributed by atoms with Crippen LogP contribution in [0.25, 0.3) is 0 Å². The van der Waals surface area contributed by atoms with Crippen LogP contribution < -0.4 is 4.72 Å². The van der Waals surface area contributed by atoms with Gasteiger partial charge in [0.2, 0.25) is 5.54 Å². The molecule has 2 N–H and O–H groups in total. The van der Waals surface area contributed by atoms with Crippen molar-refractivity contribution in [3.05, 3.63) is 14.9 Å². The average molecular weight is 417 g/mol. The Morgan fingerprint density at radius 2 is 2.00 bits per heavy atom. The summed E-state index contributed by atoms with van der Waals surface area (Å²) in [4.78, 5) is 10.8. The molecule has 0 aromatic carbocycles. The molecule has 0 bridgehead atoms. The van der Waals surface area contributed by atoms with E-state index < -0.39 is 31.9 Å². The van der Waals surface area contributed by atoms with Crippen LogP contribution in [-0.4, -0.2) is 31.2 Å². The highest BCUT2D eigenvalue weighted by Gasteiger charge is 2.59. The average Bonchev–Trinajstić information content (AvgIpc) is 2.57. The summed E-state index contributed by atoms with van der Waals surface area (Å²) >= 11 is 9.06. The molecule has 1 atom stereocenters. The highest BCUT2D eigenvalue weighted by Crippen LogP contribution is 2.37. The molecular formula is C8H6BrClF3NO4S2. The number of nitrogens with one attached hydrogen (secondary N) is 1. The minimum absolute atomic E-state index is 0.0144. The monoisotopic (exact) mass is 415 g/mol. The number of hydrogen-bond acceptors (Lipinski definition) is 4. The Labute approximate surface area is 128 Å². The Morgan fingerprint density at radius 3 is 2.30 bits per heavy atom. The standard InChI is InChI=1S/C8H6BrClF3NO4S2/c1-7(6(15)16,8(11,12)13)14-20(17,18)4-2-3(10)5(9)19-4/h2,14H,1H3,(H,15,16). The van der Waals surface area contributed by atoms with Crippen LogP contribution in [0.4, 0.5) is 13.2 Å². The molecule has 0 saturated heterocycles. The van der Waals surface area contributed by atoms with Crippen molar-refractivity contribution in [1.82, 2.24) is 4.72 Å². The van der Waals surface area contributed by atoms with Gasteiger partial charge in [-0.2, -0.15) is 17.9 Å². The van der Waals surface area contributed by atoms with E-state index in [1.165, 1.54) is 0 Å². The molecule has 1 unspecified atom stereocenters. The number of carbonyl (C=O) groups is 1. The molecule has 0 saturated carbocycles. The lowest BCUT2D eigenvalue weighted by Gasteiger charge is -2.27. The van der Waals surface area contributed by atoms with Crippen LogP contribution >= 0.6 is 38.9 Å². The summed E-state index contributed by atoms with van der Waals surface area (Å²) in [6.07, 6.45) is -5.32. The first-order chi connectivity index (χ1) is 8.81. The summed E-state index contributed by atoms with van der Waals surface area (Å²) in [5.74, 6) is -2.37. The molecule has 12 heteroatoms. The fourth-order valence-electron chi connectivity index (χ4n) is 1.00. The molecular weight excluding hydrogens is 411 g/mol. The van der Waals surface area contributed by atoms with Gasteiger partial charge in [0.05, 0.1) is 8.81 Å². The molecule has 1 heterocycles. The molecule has 0 fully saturated rings. The van der Waals surface area contributed by atoms with Gasteiger partial charge in [-0.05, 0) is 28.9 Å². The maximum Gasteiger partial charge on any atom is 0.418 e. The molecule has 0 aliphatic rings. The molecule has 1 aromatic heterocycles. The Morgan fingerprint density at radius 1 is 1.50 bits per heavy atom. The van der Waals surface area contributed by atoms with Crippen LogP contribution in [0.2, 0.25) is 5.02 Å². The van der Waals surface area contributed by atoms with E-state index in [9.17, 15) is 26.4 Å². The second-order valence-electron chi connectivity index (χ2n) is 3.72. The van der Waals surface area contributed by atoms with E-state index in [1.807, 2.05) is 0 Å². The second kappa shape index (κ2) is 5.44. The molecule has 0 amide bonds. The van der Waals surface area contributed by atoms with Crippen molar-refractivity contribution >= 4 is 54.9 Å². The number of aliphatic carboxylic acids is 1. The van der Waals surface area contributed by atoms with E-state index in [-0.39, 0.29) is 15.7 Å². The van der Waals surface area contributed by atoms with Crippen molar-refractivity contribution in [1.29, 1.82) is 0 Å². The van der Waals surface area contributed by atoms with Crippen molar-refractivity contribution in [2.45, 2.75) is 22.8 Å². The molecule has 0 spiro atoms. The number of carboxylic acid groups (broad SMARTS) is 1. The molecule has 1 aromatic rings. The third-order valence-corrected chi connectivity index (χ3v) is 6.72. The molecule has 0 aliphatic carbocycles. The summed E-state index contributed by atoms with van der Waals surface area (Å²) < 4.78 is 62.7.